The molecule has 0 aliphatic heterocycles. The van der Waals surface area contributed by atoms with Gasteiger partial charge in [0.15, 0.2) is 0 Å². The summed E-state index contributed by atoms with van der Waals surface area (Å²) in [5, 5.41) is 17.8. The lowest BCUT2D eigenvalue weighted by Gasteiger charge is -2.34. The van der Waals surface area contributed by atoms with Crippen LogP contribution in [0.4, 0.5) is 4.39 Å². The monoisotopic (exact) mass is 295 g/mol. The van der Waals surface area contributed by atoms with E-state index >= 15 is 0 Å². The van der Waals surface area contributed by atoms with Crippen LogP contribution in [-0.4, -0.2) is 46.2 Å². The Labute approximate surface area is 122 Å². The highest BCUT2D eigenvalue weighted by molar-refractivity contribution is 5.95. The van der Waals surface area contributed by atoms with Crippen LogP contribution >= 0.6 is 0 Å². The zero-order valence-electron chi connectivity index (χ0n) is 12.1. The SMILES string of the molecule is CN(C(=O)c1ccc(/C=C/C(=O)O)c(F)c1)C(C)(C)CO. The number of carboxylic acid groups (broad SMARTS) is 1. The summed E-state index contributed by atoms with van der Waals surface area (Å²) in [5.41, 5.74) is -0.558. The van der Waals surface area contributed by atoms with Gasteiger partial charge in [0.25, 0.3) is 5.91 Å². The van der Waals surface area contributed by atoms with Gasteiger partial charge in [0.2, 0.25) is 0 Å². The molecule has 0 radical (unpaired) electrons. The first-order valence-corrected chi connectivity index (χ1v) is 6.28. The van der Waals surface area contributed by atoms with Crippen LogP contribution in [-0.2, 0) is 4.79 Å². The van der Waals surface area contributed by atoms with Gasteiger partial charge in [-0.15, -0.1) is 0 Å². The molecule has 0 spiro atoms. The maximum absolute atomic E-state index is 13.8. The van der Waals surface area contributed by atoms with Crippen molar-refractivity contribution in [3.05, 3.63) is 41.2 Å². The second-order valence-corrected chi connectivity index (χ2v) is 5.24. The molecule has 0 atom stereocenters. The first-order valence-electron chi connectivity index (χ1n) is 6.28. The lowest BCUT2D eigenvalue weighted by molar-refractivity contribution is -0.131. The van der Waals surface area contributed by atoms with Gasteiger partial charge in [0.05, 0.1) is 12.1 Å². The molecule has 0 fully saturated rings. The molecule has 0 saturated carbocycles. The third-order valence-corrected chi connectivity index (χ3v) is 3.25. The van der Waals surface area contributed by atoms with Crippen LogP contribution in [0.1, 0.15) is 29.8 Å². The topological polar surface area (TPSA) is 77.8 Å². The number of aliphatic hydroxyl groups excluding tert-OH is 1. The number of hydrogen-bond acceptors (Lipinski definition) is 3. The number of aliphatic hydroxyl groups is 1. The van der Waals surface area contributed by atoms with Crippen LogP contribution < -0.4 is 0 Å². The summed E-state index contributed by atoms with van der Waals surface area (Å²) in [5.74, 6) is -2.30. The first kappa shape index (κ1) is 16.8. The minimum atomic E-state index is -1.18. The summed E-state index contributed by atoms with van der Waals surface area (Å²) in [4.78, 5) is 23.9. The van der Waals surface area contributed by atoms with E-state index in [0.717, 1.165) is 18.2 Å². The van der Waals surface area contributed by atoms with Gasteiger partial charge in [-0.25, -0.2) is 9.18 Å². The van der Waals surface area contributed by atoms with Gasteiger partial charge in [-0.2, -0.15) is 0 Å². The maximum Gasteiger partial charge on any atom is 0.328 e. The van der Waals surface area contributed by atoms with Crippen molar-refractivity contribution >= 4 is 18.0 Å². The summed E-state index contributed by atoms with van der Waals surface area (Å²) in [6.07, 6.45) is 1.94. The Bertz CT molecular complexity index is 581. The molecule has 1 amide bonds. The standard InChI is InChI=1S/C15H18FNO4/c1-15(2,9-18)17(3)14(21)11-5-4-10(12(16)8-11)6-7-13(19)20/h4-8,18H,9H2,1-3H3,(H,19,20)/b7-6+. The minimum absolute atomic E-state index is 0.0815. The maximum atomic E-state index is 13.8. The summed E-state index contributed by atoms with van der Waals surface area (Å²) >= 11 is 0. The molecule has 1 aromatic rings. The minimum Gasteiger partial charge on any atom is -0.478 e. The van der Waals surface area contributed by atoms with E-state index in [0.29, 0.717) is 0 Å². The van der Waals surface area contributed by atoms with Gasteiger partial charge in [-0.3, -0.25) is 4.79 Å². The molecule has 0 aliphatic carbocycles. The molecule has 5 nitrogen and oxygen atoms in total. The predicted molar refractivity (Wildman–Crippen MR) is 76.3 cm³/mol. The van der Waals surface area contributed by atoms with Gasteiger partial charge in [-0.1, -0.05) is 6.07 Å². The Morgan fingerprint density at radius 3 is 2.48 bits per heavy atom. The average Bonchev–Trinajstić information content (AvgIpc) is 2.44. The number of benzene rings is 1. The van der Waals surface area contributed by atoms with Crippen molar-refractivity contribution in [2.24, 2.45) is 0 Å². The Hall–Kier alpha value is -2.21. The Kier molecular flexibility index (Phi) is 5.21. The van der Waals surface area contributed by atoms with Crippen molar-refractivity contribution in [2.45, 2.75) is 19.4 Å². The fourth-order valence-corrected chi connectivity index (χ4v) is 1.53. The van der Waals surface area contributed by atoms with E-state index in [2.05, 4.69) is 0 Å². The molecule has 0 bridgehead atoms. The zero-order chi connectivity index (χ0) is 16.2. The fraction of sp³-hybridized carbons (Fsp3) is 0.333. The van der Waals surface area contributed by atoms with E-state index < -0.39 is 23.2 Å². The smallest absolute Gasteiger partial charge is 0.328 e. The van der Waals surface area contributed by atoms with E-state index in [1.807, 2.05) is 0 Å². The molecule has 6 heteroatoms. The largest absolute Gasteiger partial charge is 0.478 e. The fourth-order valence-electron chi connectivity index (χ4n) is 1.53. The van der Waals surface area contributed by atoms with Crippen molar-refractivity contribution in [3.8, 4) is 0 Å². The van der Waals surface area contributed by atoms with Crippen LogP contribution in [0.2, 0.25) is 0 Å². The third-order valence-electron chi connectivity index (χ3n) is 3.25. The number of likely N-dealkylation sites (N-methyl/N-ethyl adjacent to an activating group) is 1. The van der Waals surface area contributed by atoms with Crippen LogP contribution in [0.3, 0.4) is 0 Å². The van der Waals surface area contributed by atoms with Crippen LogP contribution in [0.5, 0.6) is 0 Å². The van der Waals surface area contributed by atoms with Crippen molar-refractivity contribution in [3.63, 3.8) is 0 Å². The van der Waals surface area contributed by atoms with Crippen molar-refractivity contribution < 1.29 is 24.2 Å². The lowest BCUT2D eigenvalue weighted by Crippen LogP contribution is -2.47. The van der Waals surface area contributed by atoms with Crippen LogP contribution in [0, 0.1) is 5.82 Å². The number of aliphatic carboxylic acids is 1. The highest BCUT2D eigenvalue weighted by Gasteiger charge is 2.27. The van der Waals surface area contributed by atoms with E-state index in [-0.39, 0.29) is 17.7 Å². The molecular weight excluding hydrogens is 277 g/mol. The number of rotatable bonds is 5. The number of halogens is 1. The Morgan fingerprint density at radius 1 is 1.38 bits per heavy atom. The van der Waals surface area contributed by atoms with Gasteiger partial charge >= 0.3 is 5.97 Å². The van der Waals surface area contributed by atoms with Gasteiger partial charge in [0, 0.05) is 24.3 Å². The molecule has 0 unspecified atom stereocenters. The van der Waals surface area contributed by atoms with E-state index in [1.54, 1.807) is 13.8 Å². The van der Waals surface area contributed by atoms with E-state index in [4.69, 9.17) is 5.11 Å². The molecule has 0 aliphatic rings. The van der Waals surface area contributed by atoms with E-state index in [9.17, 15) is 19.1 Å². The molecule has 21 heavy (non-hydrogen) atoms. The van der Waals surface area contributed by atoms with Gasteiger partial charge in [-0.05, 0) is 32.1 Å². The van der Waals surface area contributed by atoms with E-state index in [1.165, 1.54) is 24.1 Å². The normalized spacial score (nSPS) is 11.7. The van der Waals surface area contributed by atoms with Crippen LogP contribution in [0.15, 0.2) is 24.3 Å². The third kappa shape index (κ3) is 4.13. The molecule has 1 rings (SSSR count). The summed E-state index contributed by atoms with van der Waals surface area (Å²) in [6, 6.07) is 3.80. The summed E-state index contributed by atoms with van der Waals surface area (Å²) in [7, 11) is 1.52. The molecule has 0 aromatic heterocycles. The Morgan fingerprint density at radius 2 is 2.00 bits per heavy atom. The second-order valence-electron chi connectivity index (χ2n) is 5.24. The number of carboxylic acids is 1. The number of amides is 1. The van der Waals surface area contributed by atoms with Crippen LogP contribution in [0.25, 0.3) is 6.08 Å². The number of hydrogen-bond donors (Lipinski definition) is 2. The predicted octanol–water partition coefficient (Wildman–Crippen LogP) is 1.77. The van der Waals surface area contributed by atoms with Crippen molar-refractivity contribution in [2.75, 3.05) is 13.7 Å². The lowest BCUT2D eigenvalue weighted by atomic mass is 10.0. The molecular formula is C15H18FNO4. The number of nitrogens with zero attached hydrogens (tertiary/aromatic N) is 1. The molecule has 0 saturated heterocycles. The Balaban J connectivity index is 3.04. The zero-order valence-corrected chi connectivity index (χ0v) is 12.1. The number of carbonyl (C=O) groups excluding carboxylic acids is 1. The second kappa shape index (κ2) is 6.49. The highest BCUT2D eigenvalue weighted by Crippen LogP contribution is 2.18. The molecule has 114 valence electrons. The first-order chi connectivity index (χ1) is 9.69. The summed E-state index contributed by atoms with van der Waals surface area (Å²) in [6.45, 7) is 3.15. The molecule has 0 heterocycles. The molecule has 2 N–H and O–H groups in total. The summed E-state index contributed by atoms with van der Waals surface area (Å²) < 4.78 is 13.8. The van der Waals surface area contributed by atoms with Gasteiger partial charge < -0.3 is 15.1 Å². The number of carbonyl (C=O) groups is 2. The van der Waals surface area contributed by atoms with Crippen molar-refractivity contribution in [1.29, 1.82) is 0 Å². The molecule has 1 aromatic carbocycles. The highest BCUT2D eigenvalue weighted by atomic mass is 19.1. The quantitative estimate of drug-likeness (QED) is 0.812. The van der Waals surface area contributed by atoms with Gasteiger partial charge in [0.1, 0.15) is 5.82 Å². The average molecular weight is 295 g/mol. The van der Waals surface area contributed by atoms with Crippen molar-refractivity contribution in [1.82, 2.24) is 4.90 Å².